The summed E-state index contributed by atoms with van der Waals surface area (Å²) in [4.78, 5) is 59.2. The van der Waals surface area contributed by atoms with E-state index in [1.807, 2.05) is 56.3 Å². The Bertz CT molecular complexity index is 3700. The normalized spacial score (nSPS) is 13.7. The predicted octanol–water partition coefficient (Wildman–Crippen LogP) is 12.9. The molecule has 0 bridgehead atoms. The quantitative estimate of drug-likeness (QED) is 0.0365. The summed E-state index contributed by atoms with van der Waals surface area (Å²) < 4.78 is 38.2. The van der Waals surface area contributed by atoms with Gasteiger partial charge in [0.15, 0.2) is 13.5 Å². The Hall–Kier alpha value is -7.94. The summed E-state index contributed by atoms with van der Waals surface area (Å²) in [5.41, 5.74) is 3.45. The van der Waals surface area contributed by atoms with Gasteiger partial charge in [-0.25, -0.2) is 9.59 Å². The van der Waals surface area contributed by atoms with Gasteiger partial charge in [0.1, 0.15) is 17.2 Å². The highest BCUT2D eigenvalue weighted by molar-refractivity contribution is 7.17. The number of pyridine rings is 2. The maximum Gasteiger partial charge on any atom is 0.515 e. The molecule has 2 aliphatic heterocycles. The van der Waals surface area contributed by atoms with E-state index < -0.39 is 12.3 Å². The molecule has 86 heavy (non-hydrogen) atoms. The van der Waals surface area contributed by atoms with Crippen molar-refractivity contribution in [2.24, 2.45) is 0 Å². The number of hydrogen-bond acceptors (Lipinski definition) is 17. The number of aromatic nitrogens is 2. The summed E-state index contributed by atoms with van der Waals surface area (Å²) in [6, 6.07) is 44.0. The first-order chi connectivity index (χ1) is 42.2. The van der Waals surface area contributed by atoms with Crippen LogP contribution in [0.25, 0.3) is 42.0 Å². The Morgan fingerprint density at radius 2 is 0.953 bits per heavy atom. The number of para-hydroxylation sites is 1. The number of anilines is 2. The van der Waals surface area contributed by atoms with Gasteiger partial charge in [-0.2, -0.15) is 0 Å². The van der Waals surface area contributed by atoms with Crippen LogP contribution in [-0.2, 0) is 27.7 Å². The highest BCUT2D eigenvalue weighted by Crippen LogP contribution is 2.33. The Balaban J connectivity index is 0.000000194. The first-order valence-electron chi connectivity index (χ1n) is 29.9. The van der Waals surface area contributed by atoms with Crippen LogP contribution in [0.1, 0.15) is 58.8 Å². The number of ether oxygens (including phenoxy) is 6. The zero-order valence-corrected chi connectivity index (χ0v) is 50.9. The molecule has 17 nitrogen and oxygen atoms in total. The van der Waals surface area contributed by atoms with E-state index in [1.165, 1.54) is 52.8 Å². The molecule has 0 saturated carbocycles. The number of thiophene rings is 2. The lowest BCUT2D eigenvalue weighted by molar-refractivity contribution is 0.0334. The molecule has 0 radical (unpaired) electrons. The summed E-state index contributed by atoms with van der Waals surface area (Å²) in [6.45, 7) is 15.8. The highest BCUT2D eigenvalue weighted by atomic mass is 32.1. The smallest absolute Gasteiger partial charge is 0.494 e. The minimum Gasteiger partial charge on any atom is -0.494 e. The Labute approximate surface area is 510 Å². The number of aliphatic hydroxyl groups excluding tert-OH is 1. The van der Waals surface area contributed by atoms with Crippen LogP contribution in [0.15, 0.2) is 160 Å². The van der Waals surface area contributed by atoms with E-state index >= 15 is 0 Å². The fraction of sp³-hybridized carbons (Fsp3) is 0.373. The van der Waals surface area contributed by atoms with Crippen LogP contribution in [0.3, 0.4) is 0 Å². The molecule has 0 aliphatic carbocycles. The lowest BCUT2D eigenvalue weighted by Crippen LogP contribution is -2.46. The zero-order valence-electron chi connectivity index (χ0n) is 49.2. The summed E-state index contributed by atoms with van der Waals surface area (Å²) in [6.07, 6.45) is 4.91. The SMILES string of the molecule is CCCCOC(=O)OCn1c(=O)ccc2ccc(OCCCCN3CCN(c4cccc5sccc45)CC3)cc21.CCCO.O=C(OCn1c(=O)ccc2ccc(OCCCCN3CCN(c4cccc5sccc45)CC3)cc21)Oc1ccccc1. The third-order valence-corrected chi connectivity index (χ3v) is 16.8. The average molecular weight is 1210 g/mol. The van der Waals surface area contributed by atoms with E-state index in [4.69, 9.17) is 33.5 Å². The van der Waals surface area contributed by atoms with Crippen LogP contribution < -0.4 is 35.1 Å². The standard InChI is InChI=1S/C33H33N3O5S.C31H37N3O5S.C3H8O/c37-32-14-12-25-11-13-27(23-30(25)36(32)24-40-33(38)41-26-7-2-1-3-8-26)39-21-5-4-16-34-17-19-35(20-18-34)29-9-6-10-31-28(29)15-22-42-31;1-2-3-19-38-31(36)39-23-34-28-22-25(11-9-24(28)10-12-30(34)35)37-20-5-4-14-32-15-17-33(18-16-32)27-7-6-8-29-26(27)13-21-40-29;1-2-3-4/h1-3,6-15,22-23H,4-5,16-21,24H2;6-13,21-22H,2-5,14-20,23H2,1H3;4H,2-3H2,1H3. The molecule has 19 heteroatoms. The molecule has 11 rings (SSSR count). The van der Waals surface area contributed by atoms with Gasteiger partial charge < -0.3 is 43.3 Å². The molecule has 0 unspecified atom stereocenters. The van der Waals surface area contributed by atoms with Gasteiger partial charge in [0, 0.05) is 115 Å². The summed E-state index contributed by atoms with van der Waals surface area (Å²) in [7, 11) is 0. The minimum absolute atomic E-state index is 0.208. The number of aliphatic hydroxyl groups is 1. The second-order valence-corrected chi connectivity index (χ2v) is 22.9. The van der Waals surface area contributed by atoms with Gasteiger partial charge in [0.25, 0.3) is 11.1 Å². The van der Waals surface area contributed by atoms with Crippen molar-refractivity contribution in [2.45, 2.75) is 72.3 Å². The minimum atomic E-state index is -0.876. The van der Waals surface area contributed by atoms with Gasteiger partial charge in [0.2, 0.25) is 0 Å². The molecule has 2 aliphatic rings. The van der Waals surface area contributed by atoms with Crippen molar-refractivity contribution in [3.8, 4) is 17.2 Å². The predicted molar refractivity (Wildman–Crippen MR) is 345 cm³/mol. The van der Waals surface area contributed by atoms with Crippen LogP contribution in [0.4, 0.5) is 21.0 Å². The van der Waals surface area contributed by atoms with Gasteiger partial charge in [-0.05, 0) is 158 Å². The van der Waals surface area contributed by atoms with Crippen molar-refractivity contribution in [1.82, 2.24) is 18.9 Å². The molecule has 0 amide bonds. The van der Waals surface area contributed by atoms with Gasteiger partial charge in [-0.1, -0.05) is 50.6 Å². The molecule has 1 N–H and O–H groups in total. The van der Waals surface area contributed by atoms with Crippen LogP contribution in [0.5, 0.6) is 17.2 Å². The fourth-order valence-corrected chi connectivity index (χ4v) is 12.0. The zero-order chi connectivity index (χ0) is 59.9. The van der Waals surface area contributed by atoms with Crippen LogP contribution in [-0.4, -0.2) is 128 Å². The van der Waals surface area contributed by atoms with Crippen LogP contribution in [0, 0.1) is 0 Å². The van der Waals surface area contributed by atoms with Crippen LogP contribution >= 0.6 is 22.7 Å². The van der Waals surface area contributed by atoms with Gasteiger partial charge >= 0.3 is 12.3 Å². The first-order valence-corrected chi connectivity index (χ1v) is 31.6. The topological polar surface area (TPSA) is 167 Å². The Morgan fingerprint density at radius 3 is 1.43 bits per heavy atom. The number of unbranched alkanes of at least 4 members (excludes halogenated alkanes) is 3. The number of hydrogen-bond donors (Lipinski definition) is 1. The number of nitrogens with zero attached hydrogens (tertiary/aromatic N) is 6. The van der Waals surface area contributed by atoms with Crippen molar-refractivity contribution in [3.05, 3.63) is 171 Å². The molecule has 9 aromatic rings. The van der Waals surface area contributed by atoms with E-state index in [1.54, 1.807) is 59.1 Å². The van der Waals surface area contributed by atoms with Gasteiger partial charge in [0.05, 0.1) is 30.9 Å². The summed E-state index contributed by atoms with van der Waals surface area (Å²) in [5.74, 6) is 1.73. The van der Waals surface area contributed by atoms with E-state index in [0.29, 0.717) is 54.7 Å². The third-order valence-electron chi connectivity index (χ3n) is 15.1. The molecule has 6 heterocycles. The lowest BCUT2D eigenvalue weighted by atomic mass is 10.2. The molecular weight excluding hydrogens is 1130 g/mol. The Morgan fingerprint density at radius 1 is 0.477 bits per heavy atom. The molecule has 5 aromatic carbocycles. The molecule has 2 fully saturated rings. The second kappa shape index (κ2) is 32.5. The fourth-order valence-electron chi connectivity index (χ4n) is 10.4. The maximum absolute atomic E-state index is 12.6. The number of carbonyl (C=O) groups excluding carboxylic acids is 2. The van der Waals surface area contributed by atoms with Crippen molar-refractivity contribution in [2.75, 3.05) is 102 Å². The highest BCUT2D eigenvalue weighted by Gasteiger charge is 2.21. The molecule has 454 valence electrons. The third kappa shape index (κ3) is 17.6. The number of rotatable bonds is 23. The van der Waals surface area contributed by atoms with Crippen molar-refractivity contribution in [1.29, 1.82) is 0 Å². The van der Waals surface area contributed by atoms with Gasteiger partial charge in [-0.15, -0.1) is 22.7 Å². The van der Waals surface area contributed by atoms with Crippen molar-refractivity contribution in [3.63, 3.8) is 0 Å². The monoisotopic (exact) mass is 1210 g/mol. The molecule has 4 aromatic heterocycles. The van der Waals surface area contributed by atoms with Crippen molar-refractivity contribution < 1.29 is 43.1 Å². The number of carbonyl (C=O) groups is 2. The number of fused-ring (bicyclic) bond motifs is 4. The molecule has 2 saturated heterocycles. The largest absolute Gasteiger partial charge is 0.515 e. The van der Waals surface area contributed by atoms with E-state index in [-0.39, 0.29) is 24.6 Å². The van der Waals surface area contributed by atoms with Crippen molar-refractivity contribution >= 4 is 88.3 Å². The molecule has 0 atom stereocenters. The summed E-state index contributed by atoms with van der Waals surface area (Å²) in [5, 5.41) is 16.6. The van der Waals surface area contributed by atoms with Gasteiger partial charge in [-0.3, -0.25) is 28.5 Å². The lowest BCUT2D eigenvalue weighted by Gasteiger charge is -2.36. The second-order valence-electron chi connectivity index (χ2n) is 21.0. The number of piperazine rings is 2. The molecule has 0 spiro atoms. The number of benzene rings is 5. The molecular formula is C67H78N6O11S2. The Kier molecular flexibility index (Phi) is 23.7. The van der Waals surface area contributed by atoms with Crippen LogP contribution in [0.2, 0.25) is 0 Å². The van der Waals surface area contributed by atoms with E-state index in [2.05, 4.69) is 78.9 Å². The average Bonchev–Trinajstić information content (AvgIpc) is 2.76. The van der Waals surface area contributed by atoms with E-state index in [0.717, 1.165) is 121 Å². The maximum atomic E-state index is 12.6. The van der Waals surface area contributed by atoms with E-state index in [9.17, 15) is 19.2 Å². The first kappa shape index (κ1) is 62.6. The summed E-state index contributed by atoms with van der Waals surface area (Å²) >= 11 is 3.60.